The first-order chi connectivity index (χ1) is 8.66. The Morgan fingerprint density at radius 2 is 2.00 bits per heavy atom. The van der Waals surface area contributed by atoms with Crippen molar-refractivity contribution >= 4 is 17.5 Å². The minimum atomic E-state index is -0.895. The van der Waals surface area contributed by atoms with Gasteiger partial charge in [-0.05, 0) is 29.6 Å². The van der Waals surface area contributed by atoms with Gasteiger partial charge in [0.05, 0.1) is 11.8 Å². The van der Waals surface area contributed by atoms with Gasteiger partial charge in [-0.2, -0.15) is 4.37 Å². The van der Waals surface area contributed by atoms with Crippen LogP contribution < -0.4 is 0 Å². The lowest BCUT2D eigenvalue weighted by Gasteiger charge is -2.09. The Hall–Kier alpha value is -1.72. The third kappa shape index (κ3) is 3.15. The molecule has 0 radical (unpaired) electrons. The summed E-state index contributed by atoms with van der Waals surface area (Å²) in [6.07, 6.45) is -0.536. The van der Waals surface area contributed by atoms with Gasteiger partial charge in [0.25, 0.3) is 0 Å². The van der Waals surface area contributed by atoms with Crippen molar-refractivity contribution in [2.24, 2.45) is 0 Å². The molecule has 4 nitrogen and oxygen atoms in total. The van der Waals surface area contributed by atoms with Crippen LogP contribution in [-0.2, 0) is 4.79 Å². The summed E-state index contributed by atoms with van der Waals surface area (Å²) in [4.78, 5) is 10.4. The highest BCUT2D eigenvalue weighted by Crippen LogP contribution is 2.23. The third-order valence-corrected chi connectivity index (χ3v) is 3.22. The quantitative estimate of drug-likeness (QED) is 0.870. The number of benzene rings is 1. The molecule has 0 spiro atoms. The van der Waals surface area contributed by atoms with Crippen LogP contribution in [0.4, 0.5) is 0 Å². The maximum atomic E-state index is 10.4. The summed E-state index contributed by atoms with van der Waals surface area (Å²) in [6, 6.07) is 9.31. The van der Waals surface area contributed by atoms with Gasteiger partial charge in [0.2, 0.25) is 0 Å². The molecule has 0 aliphatic carbocycles. The van der Waals surface area contributed by atoms with Gasteiger partial charge in [-0.1, -0.05) is 24.3 Å². The number of carbonyl (C=O) groups is 1. The molecule has 0 aliphatic rings. The first kappa shape index (κ1) is 12.7. The van der Waals surface area contributed by atoms with Crippen molar-refractivity contribution in [3.05, 3.63) is 41.3 Å². The predicted molar refractivity (Wildman–Crippen MR) is 69.4 cm³/mol. The molecule has 1 heterocycles. The number of nitrogens with zero attached hydrogens (tertiary/aromatic N) is 1. The van der Waals surface area contributed by atoms with E-state index in [0.717, 1.165) is 16.8 Å². The normalized spacial score (nSPS) is 12.3. The maximum absolute atomic E-state index is 10.4. The van der Waals surface area contributed by atoms with Gasteiger partial charge in [0.15, 0.2) is 0 Å². The fourth-order valence-electron chi connectivity index (χ4n) is 1.66. The van der Waals surface area contributed by atoms with Crippen LogP contribution in [0, 0.1) is 0 Å². The van der Waals surface area contributed by atoms with Crippen molar-refractivity contribution in [1.29, 1.82) is 0 Å². The number of carboxylic acid groups (broad SMARTS) is 1. The zero-order valence-corrected chi connectivity index (χ0v) is 10.4. The van der Waals surface area contributed by atoms with Crippen molar-refractivity contribution in [2.45, 2.75) is 18.9 Å². The van der Waals surface area contributed by atoms with E-state index in [-0.39, 0.29) is 12.8 Å². The van der Waals surface area contributed by atoms with Crippen molar-refractivity contribution < 1.29 is 15.0 Å². The molecule has 2 rings (SSSR count). The van der Waals surface area contributed by atoms with Gasteiger partial charge in [-0.3, -0.25) is 4.79 Å². The first-order valence-corrected chi connectivity index (χ1v) is 6.41. The third-order valence-electron chi connectivity index (χ3n) is 2.66. The van der Waals surface area contributed by atoms with Crippen molar-refractivity contribution in [3.63, 3.8) is 0 Å². The van der Waals surface area contributed by atoms with Gasteiger partial charge >= 0.3 is 5.97 Å². The van der Waals surface area contributed by atoms with E-state index >= 15 is 0 Å². The number of carboxylic acids is 1. The summed E-state index contributed by atoms with van der Waals surface area (Å²) < 4.78 is 4.22. The molecule has 18 heavy (non-hydrogen) atoms. The van der Waals surface area contributed by atoms with Crippen molar-refractivity contribution in [3.8, 4) is 11.3 Å². The fraction of sp³-hybridized carbons (Fsp3) is 0.231. The number of hydrogen-bond acceptors (Lipinski definition) is 4. The monoisotopic (exact) mass is 263 g/mol. The summed E-state index contributed by atoms with van der Waals surface area (Å²) in [7, 11) is 0. The van der Waals surface area contributed by atoms with E-state index in [2.05, 4.69) is 4.37 Å². The Morgan fingerprint density at radius 1 is 1.28 bits per heavy atom. The molecule has 1 unspecified atom stereocenters. The molecule has 5 heteroatoms. The van der Waals surface area contributed by atoms with E-state index in [1.165, 1.54) is 11.5 Å². The van der Waals surface area contributed by atoms with Crippen LogP contribution in [0.1, 0.15) is 24.5 Å². The predicted octanol–water partition coefficient (Wildman–Crippen LogP) is 2.71. The Kier molecular flexibility index (Phi) is 4.07. The molecule has 0 saturated heterocycles. The standard InChI is InChI=1S/C13H13NO3S/c15-12(5-6-13(16)17)10-3-1-9(2-4-10)11-7-8-18-14-11/h1-4,7-8,12,15H,5-6H2,(H,16,17). The van der Waals surface area contributed by atoms with Crippen LogP contribution in [0.3, 0.4) is 0 Å². The van der Waals surface area contributed by atoms with E-state index in [0.29, 0.717) is 0 Å². The van der Waals surface area contributed by atoms with E-state index in [1.54, 1.807) is 12.1 Å². The Labute approximate surface area is 109 Å². The van der Waals surface area contributed by atoms with Crippen LogP contribution in [0.5, 0.6) is 0 Å². The second-order valence-corrected chi connectivity index (χ2v) is 4.62. The molecule has 2 N–H and O–H groups in total. The number of rotatable bonds is 5. The summed E-state index contributed by atoms with van der Waals surface area (Å²) >= 11 is 1.39. The molecule has 0 aliphatic heterocycles. The lowest BCUT2D eigenvalue weighted by molar-refractivity contribution is -0.137. The number of aliphatic hydroxyl groups is 1. The molecule has 0 bridgehead atoms. The topological polar surface area (TPSA) is 70.4 Å². The van der Waals surface area contributed by atoms with Gasteiger partial charge in [-0.25, -0.2) is 0 Å². The number of aromatic nitrogens is 1. The molecule has 0 fully saturated rings. The maximum Gasteiger partial charge on any atom is 0.303 e. The molecule has 94 valence electrons. The molecule has 0 saturated carbocycles. The fourth-order valence-corrected chi connectivity index (χ4v) is 2.19. The minimum absolute atomic E-state index is 0.0327. The van der Waals surface area contributed by atoms with E-state index in [1.807, 2.05) is 23.6 Å². The first-order valence-electron chi connectivity index (χ1n) is 5.57. The Balaban J connectivity index is 2.05. The Morgan fingerprint density at radius 3 is 2.56 bits per heavy atom. The summed E-state index contributed by atoms with van der Waals surface area (Å²) in [5, 5.41) is 20.3. The van der Waals surface area contributed by atoms with Crippen LogP contribution in [0.2, 0.25) is 0 Å². The summed E-state index contributed by atoms with van der Waals surface area (Å²) in [5.74, 6) is -0.895. The average Bonchev–Trinajstić information content (AvgIpc) is 2.90. The molecule has 2 aromatic rings. The smallest absolute Gasteiger partial charge is 0.303 e. The van der Waals surface area contributed by atoms with Gasteiger partial charge in [0, 0.05) is 17.4 Å². The number of aliphatic hydroxyl groups excluding tert-OH is 1. The van der Waals surface area contributed by atoms with Crippen LogP contribution >= 0.6 is 11.5 Å². The lowest BCUT2D eigenvalue weighted by Crippen LogP contribution is -2.02. The summed E-state index contributed by atoms with van der Waals surface area (Å²) in [6.45, 7) is 0. The highest BCUT2D eigenvalue weighted by molar-refractivity contribution is 7.03. The number of hydrogen-bond donors (Lipinski definition) is 2. The number of aliphatic carboxylic acids is 1. The van der Waals surface area contributed by atoms with Crippen molar-refractivity contribution in [1.82, 2.24) is 4.37 Å². The average molecular weight is 263 g/mol. The van der Waals surface area contributed by atoms with E-state index in [9.17, 15) is 9.90 Å². The second-order valence-electron chi connectivity index (χ2n) is 3.95. The minimum Gasteiger partial charge on any atom is -0.481 e. The molecule has 1 atom stereocenters. The molecule has 0 amide bonds. The van der Waals surface area contributed by atoms with Crippen molar-refractivity contribution in [2.75, 3.05) is 0 Å². The van der Waals surface area contributed by atoms with Gasteiger partial charge < -0.3 is 10.2 Å². The zero-order chi connectivity index (χ0) is 13.0. The summed E-state index contributed by atoms with van der Waals surface area (Å²) in [5.41, 5.74) is 2.63. The SMILES string of the molecule is O=C(O)CCC(O)c1ccc(-c2ccsn2)cc1. The van der Waals surface area contributed by atoms with E-state index in [4.69, 9.17) is 5.11 Å². The molecular formula is C13H13NO3S. The van der Waals surface area contributed by atoms with Gasteiger partial charge in [-0.15, -0.1) is 0 Å². The largest absolute Gasteiger partial charge is 0.481 e. The second kappa shape index (κ2) is 5.75. The van der Waals surface area contributed by atoms with Crippen LogP contribution in [0.25, 0.3) is 11.3 Å². The zero-order valence-electron chi connectivity index (χ0n) is 9.61. The van der Waals surface area contributed by atoms with Gasteiger partial charge in [0.1, 0.15) is 0 Å². The molecule has 1 aromatic heterocycles. The van der Waals surface area contributed by atoms with E-state index < -0.39 is 12.1 Å². The van der Waals surface area contributed by atoms with Crippen LogP contribution in [-0.4, -0.2) is 20.6 Å². The highest BCUT2D eigenvalue weighted by Gasteiger charge is 2.10. The highest BCUT2D eigenvalue weighted by atomic mass is 32.1. The Bertz CT molecular complexity index is 508. The molecular weight excluding hydrogens is 250 g/mol. The van der Waals surface area contributed by atoms with Crippen LogP contribution in [0.15, 0.2) is 35.7 Å². The lowest BCUT2D eigenvalue weighted by atomic mass is 10.0. The molecule has 1 aromatic carbocycles.